The molecule has 2 unspecified atom stereocenters. The predicted octanol–water partition coefficient (Wildman–Crippen LogP) is 4.52. The summed E-state index contributed by atoms with van der Waals surface area (Å²) in [7, 11) is 0. The number of nitrogens with zero attached hydrogens (tertiary/aromatic N) is 2. The minimum atomic E-state index is -0.0406. The molecule has 0 bridgehead atoms. The van der Waals surface area contributed by atoms with Crippen LogP contribution >= 0.6 is 0 Å². The fraction of sp³-hybridized carbons (Fsp3) is 0.440. The molecule has 1 saturated heterocycles. The molecule has 2 aliphatic rings. The van der Waals surface area contributed by atoms with E-state index in [1.807, 2.05) is 41.3 Å². The van der Waals surface area contributed by atoms with Crippen LogP contribution in [-0.2, 0) is 4.79 Å². The average molecular weight is 407 g/mol. The maximum Gasteiger partial charge on any atom is 0.253 e. The van der Waals surface area contributed by atoms with Crippen molar-refractivity contribution in [2.75, 3.05) is 26.2 Å². The number of hydrogen-bond donors (Lipinski definition) is 0. The van der Waals surface area contributed by atoms with Crippen LogP contribution in [0.1, 0.15) is 66.5 Å². The Kier molecular flexibility index (Phi) is 5.80. The van der Waals surface area contributed by atoms with Crippen LogP contribution in [0.4, 0.5) is 0 Å². The number of amides is 2. The zero-order valence-corrected chi connectivity index (χ0v) is 18.0. The Morgan fingerprint density at radius 1 is 1.00 bits per heavy atom. The van der Waals surface area contributed by atoms with Crippen LogP contribution < -0.4 is 0 Å². The molecule has 1 saturated carbocycles. The Hall–Kier alpha value is -2.82. The van der Waals surface area contributed by atoms with E-state index < -0.39 is 0 Å². The second-order valence-corrected chi connectivity index (χ2v) is 8.79. The average Bonchev–Trinajstić information content (AvgIpc) is 3.31. The summed E-state index contributed by atoms with van der Waals surface area (Å²) in [6.07, 6.45) is 4.49. The lowest BCUT2D eigenvalue weighted by molar-refractivity contribution is -0.127. The fourth-order valence-electron chi connectivity index (χ4n) is 3.96. The SMILES string of the molecule is CC(C)c1ccc(C(=O)N2CCN(C(=O)/C=C/c3ccc(C4CC4C)o3)CC2)cc1. The van der Waals surface area contributed by atoms with Crippen LogP contribution in [0.2, 0.25) is 0 Å². The van der Waals surface area contributed by atoms with Crippen molar-refractivity contribution in [2.45, 2.75) is 39.0 Å². The van der Waals surface area contributed by atoms with E-state index in [0.29, 0.717) is 49.5 Å². The van der Waals surface area contributed by atoms with Gasteiger partial charge in [-0.1, -0.05) is 32.9 Å². The molecule has 2 amide bonds. The van der Waals surface area contributed by atoms with E-state index in [-0.39, 0.29) is 11.8 Å². The quantitative estimate of drug-likeness (QED) is 0.686. The van der Waals surface area contributed by atoms with Gasteiger partial charge in [0, 0.05) is 43.7 Å². The van der Waals surface area contributed by atoms with Gasteiger partial charge in [0.15, 0.2) is 0 Å². The Bertz CT molecular complexity index is 934. The third-order valence-electron chi connectivity index (χ3n) is 6.22. The van der Waals surface area contributed by atoms with E-state index in [0.717, 1.165) is 11.5 Å². The lowest BCUT2D eigenvalue weighted by Crippen LogP contribution is -2.50. The number of carbonyl (C=O) groups is 2. The van der Waals surface area contributed by atoms with Gasteiger partial charge in [-0.2, -0.15) is 0 Å². The molecule has 0 spiro atoms. The standard InChI is InChI=1S/C25H30N2O3/c1-17(2)19-4-6-20(7-5-19)25(29)27-14-12-26(13-15-27)24(28)11-9-21-8-10-23(30-21)22-16-18(22)3/h4-11,17-18,22H,12-16H2,1-3H3/b11-9+. The first-order valence-corrected chi connectivity index (χ1v) is 10.9. The number of piperazine rings is 1. The lowest BCUT2D eigenvalue weighted by Gasteiger charge is -2.34. The summed E-state index contributed by atoms with van der Waals surface area (Å²) in [5, 5.41) is 0. The molecular formula is C25H30N2O3. The fourth-order valence-corrected chi connectivity index (χ4v) is 3.96. The van der Waals surface area contributed by atoms with Gasteiger partial charge in [-0.05, 0) is 54.2 Å². The Labute approximate surface area is 178 Å². The third kappa shape index (κ3) is 4.50. The summed E-state index contributed by atoms with van der Waals surface area (Å²) in [6.45, 7) is 8.69. The molecule has 0 radical (unpaired) electrons. The molecule has 30 heavy (non-hydrogen) atoms. The molecule has 1 aromatic heterocycles. The molecule has 2 heterocycles. The number of carbonyl (C=O) groups excluding carboxylic acids is 2. The minimum Gasteiger partial charge on any atom is -0.461 e. The van der Waals surface area contributed by atoms with Crippen molar-refractivity contribution in [3.63, 3.8) is 0 Å². The van der Waals surface area contributed by atoms with Crippen LogP contribution in [-0.4, -0.2) is 47.8 Å². The first kappa shape index (κ1) is 20.5. The molecule has 0 N–H and O–H groups in total. The highest BCUT2D eigenvalue weighted by Gasteiger charge is 2.36. The van der Waals surface area contributed by atoms with E-state index >= 15 is 0 Å². The van der Waals surface area contributed by atoms with Gasteiger partial charge in [0.1, 0.15) is 11.5 Å². The van der Waals surface area contributed by atoms with Crippen molar-refractivity contribution < 1.29 is 14.0 Å². The molecule has 2 aromatic rings. The molecule has 4 rings (SSSR count). The topological polar surface area (TPSA) is 53.8 Å². The zero-order chi connectivity index (χ0) is 21.3. The molecule has 5 nitrogen and oxygen atoms in total. The maximum absolute atomic E-state index is 12.7. The zero-order valence-electron chi connectivity index (χ0n) is 18.0. The number of hydrogen-bond acceptors (Lipinski definition) is 3. The van der Waals surface area contributed by atoms with Crippen LogP contribution in [0, 0.1) is 5.92 Å². The van der Waals surface area contributed by atoms with Crippen molar-refractivity contribution >= 4 is 17.9 Å². The van der Waals surface area contributed by atoms with Gasteiger partial charge in [-0.3, -0.25) is 9.59 Å². The van der Waals surface area contributed by atoms with E-state index in [4.69, 9.17) is 4.42 Å². The van der Waals surface area contributed by atoms with Crippen molar-refractivity contribution in [1.82, 2.24) is 9.80 Å². The molecule has 2 fully saturated rings. The van der Waals surface area contributed by atoms with E-state index in [1.54, 1.807) is 17.1 Å². The van der Waals surface area contributed by atoms with Gasteiger partial charge in [0.2, 0.25) is 5.91 Å². The third-order valence-corrected chi connectivity index (χ3v) is 6.22. The lowest BCUT2D eigenvalue weighted by atomic mass is 10.0. The normalized spacial score (nSPS) is 21.5. The summed E-state index contributed by atoms with van der Waals surface area (Å²) in [4.78, 5) is 28.9. The van der Waals surface area contributed by atoms with Gasteiger partial charge >= 0.3 is 0 Å². The number of rotatable bonds is 5. The molecule has 2 atom stereocenters. The molecular weight excluding hydrogens is 376 g/mol. The predicted molar refractivity (Wildman–Crippen MR) is 117 cm³/mol. The van der Waals surface area contributed by atoms with E-state index in [1.165, 1.54) is 12.0 Å². The summed E-state index contributed by atoms with van der Waals surface area (Å²) in [6, 6.07) is 11.8. The number of furan rings is 1. The maximum atomic E-state index is 12.7. The highest BCUT2D eigenvalue weighted by molar-refractivity contribution is 5.95. The smallest absolute Gasteiger partial charge is 0.253 e. The van der Waals surface area contributed by atoms with Gasteiger partial charge < -0.3 is 14.2 Å². The van der Waals surface area contributed by atoms with Crippen molar-refractivity contribution in [3.05, 3.63) is 65.1 Å². The van der Waals surface area contributed by atoms with E-state index in [2.05, 4.69) is 20.8 Å². The summed E-state index contributed by atoms with van der Waals surface area (Å²) in [5.41, 5.74) is 1.93. The summed E-state index contributed by atoms with van der Waals surface area (Å²) >= 11 is 0. The van der Waals surface area contributed by atoms with Crippen LogP contribution in [0.15, 0.2) is 46.9 Å². The molecule has 5 heteroatoms. The Balaban J connectivity index is 1.28. The summed E-state index contributed by atoms with van der Waals surface area (Å²) < 4.78 is 5.83. The van der Waals surface area contributed by atoms with Crippen LogP contribution in [0.25, 0.3) is 6.08 Å². The van der Waals surface area contributed by atoms with E-state index in [9.17, 15) is 9.59 Å². The van der Waals surface area contributed by atoms with Crippen LogP contribution in [0.3, 0.4) is 0 Å². The Morgan fingerprint density at radius 3 is 2.23 bits per heavy atom. The second-order valence-electron chi connectivity index (χ2n) is 8.79. The van der Waals surface area contributed by atoms with Gasteiger partial charge in [-0.15, -0.1) is 0 Å². The largest absolute Gasteiger partial charge is 0.461 e. The van der Waals surface area contributed by atoms with Gasteiger partial charge in [-0.25, -0.2) is 0 Å². The molecule has 158 valence electrons. The molecule has 1 aliphatic carbocycles. The summed E-state index contributed by atoms with van der Waals surface area (Å²) in [5.74, 6) is 3.41. The molecule has 1 aliphatic heterocycles. The molecule has 1 aromatic carbocycles. The minimum absolute atomic E-state index is 0.0327. The van der Waals surface area contributed by atoms with Crippen molar-refractivity contribution in [3.8, 4) is 0 Å². The second kappa shape index (κ2) is 8.50. The first-order valence-electron chi connectivity index (χ1n) is 10.9. The highest BCUT2D eigenvalue weighted by Crippen LogP contribution is 2.47. The van der Waals surface area contributed by atoms with Crippen LogP contribution in [0.5, 0.6) is 0 Å². The Morgan fingerprint density at radius 2 is 1.63 bits per heavy atom. The monoisotopic (exact) mass is 406 g/mol. The van der Waals surface area contributed by atoms with Crippen molar-refractivity contribution in [2.24, 2.45) is 5.92 Å². The van der Waals surface area contributed by atoms with Gasteiger partial charge in [0.25, 0.3) is 5.91 Å². The van der Waals surface area contributed by atoms with Crippen molar-refractivity contribution in [1.29, 1.82) is 0 Å². The highest BCUT2D eigenvalue weighted by atomic mass is 16.3. The van der Waals surface area contributed by atoms with Gasteiger partial charge in [0.05, 0.1) is 0 Å². The number of benzene rings is 1. The first-order chi connectivity index (χ1) is 14.4.